The van der Waals surface area contributed by atoms with Gasteiger partial charge in [-0.1, -0.05) is 0 Å². The highest BCUT2D eigenvalue weighted by molar-refractivity contribution is 5.89. The van der Waals surface area contributed by atoms with E-state index in [9.17, 15) is 9.18 Å². The summed E-state index contributed by atoms with van der Waals surface area (Å²) in [6, 6.07) is 3.97. The van der Waals surface area contributed by atoms with Crippen molar-refractivity contribution in [2.45, 2.75) is 20.0 Å². The van der Waals surface area contributed by atoms with Gasteiger partial charge in [-0.25, -0.2) is 9.18 Å². The molecule has 1 heterocycles. The molecule has 128 valence electrons. The standard InChI is InChI=1S/C16H24FN3O3/c1-12(2)23-13-3-4-15(14(17)11-13)19-16(21)18-5-6-20-7-9-22-10-8-20/h3-4,11-12H,5-10H2,1-2H3,(H2,18,19,21). The number of anilines is 1. The molecule has 1 aliphatic heterocycles. The molecule has 2 N–H and O–H groups in total. The molecule has 6 nitrogen and oxygen atoms in total. The fourth-order valence-electron chi connectivity index (χ4n) is 2.26. The van der Waals surface area contributed by atoms with Crippen molar-refractivity contribution >= 4 is 11.7 Å². The number of amides is 2. The van der Waals surface area contributed by atoms with Gasteiger partial charge in [-0.15, -0.1) is 0 Å². The molecule has 23 heavy (non-hydrogen) atoms. The SMILES string of the molecule is CC(C)Oc1ccc(NC(=O)NCCN2CCOCC2)c(F)c1. The minimum absolute atomic E-state index is 0.0308. The maximum Gasteiger partial charge on any atom is 0.319 e. The van der Waals surface area contributed by atoms with Gasteiger partial charge in [-0.05, 0) is 26.0 Å². The fraction of sp³-hybridized carbons (Fsp3) is 0.562. The van der Waals surface area contributed by atoms with Gasteiger partial charge in [0.15, 0.2) is 0 Å². The number of nitrogens with zero attached hydrogens (tertiary/aromatic N) is 1. The Morgan fingerprint density at radius 1 is 1.39 bits per heavy atom. The molecule has 1 aromatic carbocycles. The molecule has 1 aliphatic rings. The van der Waals surface area contributed by atoms with Crippen molar-refractivity contribution in [3.8, 4) is 5.75 Å². The molecular weight excluding hydrogens is 301 g/mol. The summed E-state index contributed by atoms with van der Waals surface area (Å²) in [5.74, 6) is -0.0812. The summed E-state index contributed by atoms with van der Waals surface area (Å²) in [5, 5.41) is 5.23. The first kappa shape index (κ1) is 17.5. The lowest BCUT2D eigenvalue weighted by Crippen LogP contribution is -2.42. The molecule has 0 bridgehead atoms. The molecule has 0 spiro atoms. The summed E-state index contributed by atoms with van der Waals surface area (Å²) in [5.41, 5.74) is 0.130. The van der Waals surface area contributed by atoms with Gasteiger partial charge in [-0.3, -0.25) is 4.90 Å². The van der Waals surface area contributed by atoms with Crippen molar-refractivity contribution in [2.75, 3.05) is 44.7 Å². The van der Waals surface area contributed by atoms with Crippen LogP contribution in [0.4, 0.5) is 14.9 Å². The van der Waals surface area contributed by atoms with Crippen LogP contribution in [0.15, 0.2) is 18.2 Å². The molecule has 0 unspecified atom stereocenters. The van der Waals surface area contributed by atoms with Gasteiger partial charge in [0, 0.05) is 32.2 Å². The maximum atomic E-state index is 13.9. The van der Waals surface area contributed by atoms with Crippen LogP contribution in [0.2, 0.25) is 0 Å². The molecule has 0 atom stereocenters. The third-order valence-corrected chi connectivity index (χ3v) is 3.38. The van der Waals surface area contributed by atoms with Crippen LogP contribution in [0.1, 0.15) is 13.8 Å². The number of benzene rings is 1. The Morgan fingerprint density at radius 2 is 2.13 bits per heavy atom. The second-order valence-corrected chi connectivity index (χ2v) is 5.64. The van der Waals surface area contributed by atoms with Crippen molar-refractivity contribution < 1.29 is 18.7 Å². The average Bonchev–Trinajstić information content (AvgIpc) is 2.50. The van der Waals surface area contributed by atoms with Gasteiger partial charge in [0.25, 0.3) is 0 Å². The van der Waals surface area contributed by atoms with Gasteiger partial charge in [-0.2, -0.15) is 0 Å². The van der Waals surface area contributed by atoms with E-state index in [1.165, 1.54) is 12.1 Å². The van der Waals surface area contributed by atoms with E-state index in [0.29, 0.717) is 12.3 Å². The number of ether oxygens (including phenoxy) is 2. The molecular formula is C16H24FN3O3. The Kier molecular flexibility index (Phi) is 6.61. The Bertz CT molecular complexity index is 519. The van der Waals surface area contributed by atoms with Crippen LogP contribution < -0.4 is 15.4 Å². The third kappa shape index (κ3) is 6.03. The molecule has 1 aromatic rings. The van der Waals surface area contributed by atoms with E-state index in [2.05, 4.69) is 15.5 Å². The lowest BCUT2D eigenvalue weighted by molar-refractivity contribution is 0.0388. The second-order valence-electron chi connectivity index (χ2n) is 5.64. The zero-order chi connectivity index (χ0) is 16.7. The predicted molar refractivity (Wildman–Crippen MR) is 86.4 cm³/mol. The lowest BCUT2D eigenvalue weighted by Gasteiger charge is -2.26. The number of rotatable bonds is 6. The highest BCUT2D eigenvalue weighted by Gasteiger charge is 2.11. The zero-order valence-electron chi connectivity index (χ0n) is 13.6. The van der Waals surface area contributed by atoms with E-state index < -0.39 is 11.8 Å². The molecule has 1 fully saturated rings. The van der Waals surface area contributed by atoms with Gasteiger partial charge in [0.2, 0.25) is 0 Å². The number of nitrogens with one attached hydrogen (secondary N) is 2. The first-order chi connectivity index (χ1) is 11.0. The molecule has 7 heteroatoms. The molecule has 0 aromatic heterocycles. The Labute approximate surface area is 135 Å². The number of hydrogen-bond acceptors (Lipinski definition) is 4. The molecule has 0 saturated carbocycles. The van der Waals surface area contributed by atoms with Crippen LogP contribution in [-0.2, 0) is 4.74 Å². The van der Waals surface area contributed by atoms with Crippen LogP contribution >= 0.6 is 0 Å². The summed E-state index contributed by atoms with van der Waals surface area (Å²) >= 11 is 0. The van der Waals surface area contributed by atoms with E-state index in [-0.39, 0.29) is 11.8 Å². The quantitative estimate of drug-likeness (QED) is 0.840. The summed E-state index contributed by atoms with van der Waals surface area (Å²) in [6.07, 6.45) is -0.0308. The summed E-state index contributed by atoms with van der Waals surface area (Å²) in [6.45, 7) is 8.18. The second kappa shape index (κ2) is 8.69. The molecule has 1 saturated heterocycles. The zero-order valence-corrected chi connectivity index (χ0v) is 13.6. The first-order valence-electron chi connectivity index (χ1n) is 7.86. The molecule has 0 radical (unpaired) electrons. The van der Waals surface area contributed by atoms with E-state index in [1.807, 2.05) is 13.8 Å². The van der Waals surface area contributed by atoms with Gasteiger partial charge >= 0.3 is 6.03 Å². The smallest absolute Gasteiger partial charge is 0.319 e. The largest absolute Gasteiger partial charge is 0.491 e. The maximum absolute atomic E-state index is 13.9. The normalized spacial score (nSPS) is 15.5. The highest BCUT2D eigenvalue weighted by atomic mass is 19.1. The van der Waals surface area contributed by atoms with Gasteiger partial charge < -0.3 is 20.1 Å². The first-order valence-corrected chi connectivity index (χ1v) is 7.86. The van der Waals surface area contributed by atoms with Crippen molar-refractivity contribution in [2.24, 2.45) is 0 Å². The molecule has 2 amide bonds. The number of carbonyl (C=O) groups excluding carboxylic acids is 1. The number of carbonyl (C=O) groups is 1. The molecule has 0 aliphatic carbocycles. The fourth-order valence-corrected chi connectivity index (χ4v) is 2.26. The van der Waals surface area contributed by atoms with Crippen LogP contribution in [0.5, 0.6) is 5.75 Å². The number of morpholine rings is 1. The third-order valence-electron chi connectivity index (χ3n) is 3.38. The predicted octanol–water partition coefficient (Wildman–Crippen LogP) is 2.07. The number of urea groups is 1. The highest BCUT2D eigenvalue weighted by Crippen LogP contribution is 2.21. The lowest BCUT2D eigenvalue weighted by atomic mass is 10.3. The van der Waals surface area contributed by atoms with E-state index in [4.69, 9.17) is 9.47 Å². The van der Waals surface area contributed by atoms with Crippen LogP contribution in [0.3, 0.4) is 0 Å². The Hall–Kier alpha value is -1.86. The summed E-state index contributed by atoms with van der Waals surface area (Å²) in [4.78, 5) is 14.0. The number of hydrogen-bond donors (Lipinski definition) is 2. The topological polar surface area (TPSA) is 62.8 Å². The molecule has 2 rings (SSSR count). The van der Waals surface area contributed by atoms with E-state index in [0.717, 1.165) is 32.8 Å². The van der Waals surface area contributed by atoms with E-state index in [1.54, 1.807) is 6.07 Å². The van der Waals surface area contributed by atoms with Gasteiger partial charge in [0.1, 0.15) is 11.6 Å². The monoisotopic (exact) mass is 325 g/mol. The minimum Gasteiger partial charge on any atom is -0.491 e. The number of halogens is 1. The Morgan fingerprint density at radius 3 is 2.78 bits per heavy atom. The minimum atomic E-state index is -0.522. The van der Waals surface area contributed by atoms with Gasteiger partial charge in [0.05, 0.1) is 25.0 Å². The van der Waals surface area contributed by atoms with Crippen molar-refractivity contribution in [3.63, 3.8) is 0 Å². The van der Waals surface area contributed by atoms with Crippen molar-refractivity contribution in [1.82, 2.24) is 10.2 Å². The van der Waals surface area contributed by atoms with Crippen LogP contribution in [0.25, 0.3) is 0 Å². The van der Waals surface area contributed by atoms with Crippen molar-refractivity contribution in [3.05, 3.63) is 24.0 Å². The van der Waals surface area contributed by atoms with E-state index >= 15 is 0 Å². The average molecular weight is 325 g/mol. The summed E-state index contributed by atoms with van der Waals surface area (Å²) < 4.78 is 24.6. The van der Waals surface area contributed by atoms with Crippen LogP contribution in [0, 0.1) is 5.82 Å². The Balaban J connectivity index is 1.75. The summed E-state index contributed by atoms with van der Waals surface area (Å²) in [7, 11) is 0. The van der Waals surface area contributed by atoms with Crippen molar-refractivity contribution in [1.29, 1.82) is 0 Å². The van der Waals surface area contributed by atoms with Crippen LogP contribution in [-0.4, -0.2) is 56.4 Å².